The van der Waals surface area contributed by atoms with Crippen LogP contribution in [0.5, 0.6) is 0 Å². The summed E-state index contributed by atoms with van der Waals surface area (Å²) in [5.41, 5.74) is 0. The van der Waals surface area contributed by atoms with Gasteiger partial charge in [-0.05, 0) is 6.42 Å². The lowest BCUT2D eigenvalue weighted by atomic mass is 10.4. The van der Waals surface area contributed by atoms with Gasteiger partial charge in [0.15, 0.2) is 0 Å². The first-order valence-corrected chi connectivity index (χ1v) is 1.61. The molecule has 0 aromatic carbocycles. The van der Waals surface area contributed by atoms with Gasteiger partial charge in [-0.3, -0.25) is 0 Å². The van der Waals surface area contributed by atoms with E-state index < -0.39 is 12.7 Å². The van der Waals surface area contributed by atoms with E-state index in [9.17, 15) is 4.79 Å². The highest BCUT2D eigenvalue weighted by Gasteiger charge is 1.66. The molecule has 0 aromatic heterocycles. The summed E-state index contributed by atoms with van der Waals surface area (Å²) in [5, 5.41) is 0. The Hall–Kier alpha value is -0.330. The van der Waals surface area contributed by atoms with Crippen LogP contribution in [-0.4, -0.2) is 6.26 Å². The van der Waals surface area contributed by atoms with Crippen LogP contribution in [0.25, 0.3) is 0 Å². The van der Waals surface area contributed by atoms with Gasteiger partial charge in [0.25, 0.3) is 0 Å². The van der Waals surface area contributed by atoms with E-state index in [2.05, 4.69) is 0 Å². The second kappa shape index (κ2) is 3.67. The number of rotatable bonds is 2. The zero-order valence-electron chi connectivity index (χ0n) is 5.19. The van der Waals surface area contributed by atoms with Crippen LogP contribution < -0.4 is 0 Å². The summed E-state index contributed by atoms with van der Waals surface area (Å²) < 4.78 is 13.1. The zero-order chi connectivity index (χ0) is 5.86. The third-order valence-corrected chi connectivity index (χ3v) is 0.287. The van der Waals surface area contributed by atoms with Gasteiger partial charge in [0, 0.05) is 7.77 Å². The van der Waals surface area contributed by atoms with E-state index in [0.717, 1.165) is 0 Å². The molecule has 0 aromatic rings. The highest BCUT2D eigenvalue weighted by atomic mass is 16.1. The van der Waals surface area contributed by atoms with Gasteiger partial charge in [0.2, 0.25) is 0 Å². The van der Waals surface area contributed by atoms with Crippen molar-refractivity contribution < 1.29 is 7.54 Å². The minimum absolute atomic E-state index is 0.447. The average Bonchev–Trinajstić information content (AvgIpc) is 1.65. The fourth-order valence-corrected chi connectivity index (χ4v) is 0.0833. The molecule has 0 saturated heterocycles. The summed E-state index contributed by atoms with van der Waals surface area (Å²) >= 11 is 0. The maximum Gasteiger partial charge on any atom is 0.119 e. The maximum absolute atomic E-state index is 9.85. The van der Waals surface area contributed by atoms with Crippen molar-refractivity contribution in [1.82, 2.24) is 0 Å². The monoisotopic (exact) mass is 74.1 g/mol. The van der Waals surface area contributed by atoms with Crippen molar-refractivity contribution >= 4 is 6.26 Å². The fraction of sp³-hybridized carbons (Fsp3) is 0.750. The molecule has 0 saturated carbocycles. The molecule has 1 unspecified atom stereocenters. The van der Waals surface area contributed by atoms with Crippen molar-refractivity contribution in [3.63, 3.8) is 0 Å². The van der Waals surface area contributed by atoms with E-state index in [1.165, 1.54) is 0 Å². The van der Waals surface area contributed by atoms with E-state index in [1.54, 1.807) is 6.92 Å². The van der Waals surface area contributed by atoms with Gasteiger partial charge in [0.05, 0.1) is 0 Å². The SMILES string of the molecule is [2H]C(=O)C([2H])CC. The fourth-order valence-electron chi connectivity index (χ4n) is 0.0833. The molecule has 0 heterocycles. The molecule has 1 heteroatoms. The Bertz CT molecular complexity index is 72.1. The minimum atomic E-state index is -0.819. The predicted molar refractivity (Wildman–Crippen MR) is 21.0 cm³/mol. The van der Waals surface area contributed by atoms with Crippen LogP contribution in [0.15, 0.2) is 0 Å². The molecule has 0 amide bonds. The molecular formula is C4H8O. The lowest BCUT2D eigenvalue weighted by molar-refractivity contribution is -0.107. The average molecular weight is 74.1 g/mol. The molecule has 0 radical (unpaired) electrons. The molecule has 0 spiro atoms. The normalized spacial score (nSPS) is 19.4. The zero-order valence-corrected chi connectivity index (χ0v) is 3.19. The van der Waals surface area contributed by atoms with Crippen molar-refractivity contribution in [3.8, 4) is 0 Å². The van der Waals surface area contributed by atoms with Crippen molar-refractivity contribution in [2.24, 2.45) is 0 Å². The van der Waals surface area contributed by atoms with Crippen LogP contribution in [-0.2, 0) is 4.79 Å². The Morgan fingerprint density at radius 3 is 3.00 bits per heavy atom. The van der Waals surface area contributed by atoms with Crippen LogP contribution in [0.4, 0.5) is 0 Å². The summed E-state index contributed by atoms with van der Waals surface area (Å²) in [6.07, 6.45) is -1.16. The van der Waals surface area contributed by atoms with Crippen molar-refractivity contribution in [2.45, 2.75) is 19.7 Å². The Kier molecular flexibility index (Phi) is 1.44. The number of hydrogen-bond acceptors (Lipinski definition) is 1. The van der Waals surface area contributed by atoms with Crippen molar-refractivity contribution in [3.05, 3.63) is 0 Å². The lowest BCUT2D eigenvalue weighted by Crippen LogP contribution is -1.64. The van der Waals surface area contributed by atoms with Gasteiger partial charge in [-0.1, -0.05) is 6.92 Å². The molecule has 0 fully saturated rings. The maximum atomic E-state index is 9.85. The Labute approximate surface area is 34.8 Å². The summed E-state index contributed by atoms with van der Waals surface area (Å²) in [6.45, 7) is 1.71. The third-order valence-electron chi connectivity index (χ3n) is 0.287. The summed E-state index contributed by atoms with van der Waals surface area (Å²) in [6, 6.07) is 0. The minimum Gasteiger partial charge on any atom is -0.303 e. The first-order chi connectivity index (χ1) is 3.18. The quantitative estimate of drug-likeness (QED) is 0.446. The summed E-state index contributed by atoms with van der Waals surface area (Å²) in [7, 11) is 0. The number of aldehydes is 1. The number of carbonyl (C=O) groups excluding carboxylic acids is 1. The van der Waals surface area contributed by atoms with E-state index >= 15 is 0 Å². The van der Waals surface area contributed by atoms with Gasteiger partial charge < -0.3 is 4.79 Å². The van der Waals surface area contributed by atoms with Crippen LogP contribution in [0.3, 0.4) is 0 Å². The summed E-state index contributed by atoms with van der Waals surface area (Å²) in [4.78, 5) is 9.85. The molecule has 0 aliphatic rings. The molecule has 0 rings (SSSR count). The Balaban J connectivity index is 3.34. The number of hydrogen-bond donors (Lipinski definition) is 0. The number of carbonyl (C=O) groups is 1. The van der Waals surface area contributed by atoms with E-state index in [0.29, 0.717) is 6.42 Å². The van der Waals surface area contributed by atoms with Gasteiger partial charge in [0.1, 0.15) is 7.63 Å². The predicted octanol–water partition coefficient (Wildman–Crippen LogP) is 0.985. The molecule has 1 nitrogen and oxygen atoms in total. The van der Waals surface area contributed by atoms with Crippen LogP contribution in [0, 0.1) is 0 Å². The first-order valence-electron chi connectivity index (χ1n) is 2.69. The Morgan fingerprint density at radius 2 is 3.00 bits per heavy atom. The smallest absolute Gasteiger partial charge is 0.119 e. The standard InChI is InChI=1S/C4H8O/c1-2-3-4-5/h4H,2-3H2,1H3/i3D,4D. The molecule has 1 atom stereocenters. The molecule has 0 bridgehead atoms. The van der Waals surface area contributed by atoms with Gasteiger partial charge in [-0.15, -0.1) is 0 Å². The highest BCUT2D eigenvalue weighted by molar-refractivity contribution is 5.48. The van der Waals surface area contributed by atoms with Crippen LogP contribution in [0.1, 0.15) is 22.5 Å². The molecule has 0 aliphatic heterocycles. The highest BCUT2D eigenvalue weighted by Crippen LogP contribution is 1.74. The lowest BCUT2D eigenvalue weighted by Gasteiger charge is -1.68. The molecule has 0 N–H and O–H groups in total. The second-order valence-electron chi connectivity index (χ2n) is 0.730. The topological polar surface area (TPSA) is 17.1 Å². The summed E-state index contributed by atoms with van der Waals surface area (Å²) in [5.74, 6) is 0. The molecule has 30 valence electrons. The molecule has 5 heavy (non-hydrogen) atoms. The Morgan fingerprint density at radius 1 is 2.40 bits per heavy atom. The van der Waals surface area contributed by atoms with Crippen LogP contribution in [0.2, 0.25) is 0 Å². The van der Waals surface area contributed by atoms with E-state index in [-0.39, 0.29) is 0 Å². The van der Waals surface area contributed by atoms with Crippen LogP contribution >= 0.6 is 0 Å². The van der Waals surface area contributed by atoms with Crippen molar-refractivity contribution in [1.29, 1.82) is 0 Å². The van der Waals surface area contributed by atoms with E-state index in [1.807, 2.05) is 0 Å². The van der Waals surface area contributed by atoms with Gasteiger partial charge in [-0.25, -0.2) is 0 Å². The molecule has 0 aliphatic carbocycles. The van der Waals surface area contributed by atoms with Crippen molar-refractivity contribution in [2.75, 3.05) is 0 Å². The van der Waals surface area contributed by atoms with Gasteiger partial charge >= 0.3 is 0 Å². The van der Waals surface area contributed by atoms with E-state index in [4.69, 9.17) is 2.74 Å². The third kappa shape index (κ3) is 3.67. The molecular weight excluding hydrogens is 64.0 g/mol. The second-order valence-corrected chi connectivity index (χ2v) is 0.730. The first kappa shape index (κ1) is 1.96. The largest absolute Gasteiger partial charge is 0.303 e. The van der Waals surface area contributed by atoms with Gasteiger partial charge in [-0.2, -0.15) is 0 Å².